The average Bonchev–Trinajstić information content (AvgIpc) is 3.38. The molecule has 0 rings (SSSR count). The maximum atomic E-state index is 12.9. The molecule has 6 nitrogen and oxygen atoms in total. The van der Waals surface area contributed by atoms with Crippen LogP contribution in [0.2, 0.25) is 0 Å². The van der Waals surface area contributed by atoms with Crippen molar-refractivity contribution in [1.29, 1.82) is 0 Å². The molecular weight excluding hydrogens is 889 g/mol. The highest BCUT2D eigenvalue weighted by molar-refractivity contribution is 5.71. The van der Waals surface area contributed by atoms with Crippen LogP contribution in [0.5, 0.6) is 0 Å². The van der Waals surface area contributed by atoms with E-state index in [-0.39, 0.29) is 37.5 Å². The first-order chi connectivity index (χ1) is 35.5. The van der Waals surface area contributed by atoms with Crippen molar-refractivity contribution in [3.05, 3.63) is 97.2 Å². The summed E-state index contributed by atoms with van der Waals surface area (Å²) in [5, 5.41) is 0. The zero-order valence-electron chi connectivity index (χ0n) is 47.2. The quantitative estimate of drug-likeness (QED) is 0.0261. The van der Waals surface area contributed by atoms with E-state index in [0.717, 1.165) is 96.3 Å². The Kier molecular flexibility index (Phi) is 56.8. The van der Waals surface area contributed by atoms with Crippen LogP contribution in [0, 0.1) is 0 Å². The van der Waals surface area contributed by atoms with Crippen LogP contribution < -0.4 is 0 Å². The Balaban J connectivity index is 4.47. The van der Waals surface area contributed by atoms with Gasteiger partial charge in [-0.3, -0.25) is 14.4 Å². The van der Waals surface area contributed by atoms with Gasteiger partial charge < -0.3 is 14.2 Å². The molecule has 0 amide bonds. The molecule has 412 valence electrons. The van der Waals surface area contributed by atoms with Crippen molar-refractivity contribution in [2.75, 3.05) is 13.2 Å². The Bertz CT molecular complexity index is 1430. The van der Waals surface area contributed by atoms with Crippen LogP contribution in [0.4, 0.5) is 0 Å². The monoisotopic (exact) mass is 1000 g/mol. The lowest BCUT2D eigenvalue weighted by molar-refractivity contribution is -0.167. The SMILES string of the molecule is CC/C=C\C/C=C\C/C=C\C/C=C\C/C=C\C/C=C\C/C=C\CCCC(=O)OCC(COC(=O)CCCCCCC/C=C\CCCCCCCC)OC(=O)CCCCCCCCCCCCCCCCCC. The molecule has 0 saturated heterocycles. The van der Waals surface area contributed by atoms with E-state index in [1.165, 1.54) is 141 Å². The van der Waals surface area contributed by atoms with E-state index >= 15 is 0 Å². The first kappa shape index (κ1) is 68.3. The number of carbonyl (C=O) groups excluding carboxylic acids is 3. The molecule has 0 N–H and O–H groups in total. The summed E-state index contributed by atoms with van der Waals surface area (Å²) < 4.78 is 16.8. The van der Waals surface area contributed by atoms with Gasteiger partial charge in [0.05, 0.1) is 0 Å². The highest BCUT2D eigenvalue weighted by Crippen LogP contribution is 2.16. The molecule has 6 heteroatoms. The van der Waals surface area contributed by atoms with Gasteiger partial charge in [0.1, 0.15) is 13.2 Å². The highest BCUT2D eigenvalue weighted by atomic mass is 16.6. The van der Waals surface area contributed by atoms with Crippen LogP contribution >= 0.6 is 0 Å². The Morgan fingerprint density at radius 3 is 0.917 bits per heavy atom. The second kappa shape index (κ2) is 59.9. The number of hydrogen-bond donors (Lipinski definition) is 0. The summed E-state index contributed by atoms with van der Waals surface area (Å²) in [6, 6.07) is 0. The molecule has 1 unspecified atom stereocenters. The second-order valence-corrected chi connectivity index (χ2v) is 19.9. The minimum Gasteiger partial charge on any atom is -0.462 e. The standard InChI is InChI=1S/C66H112O6/c1-4-7-10-13-16-19-22-25-28-30-31-32-33-34-35-36-39-41-44-47-50-53-56-59-65(68)71-62-63(61-70-64(67)58-55-52-49-46-43-40-37-27-24-21-18-15-12-9-6-3)72-66(69)60-57-54-51-48-45-42-38-29-26-23-20-17-14-11-8-5-2/h7,10,16,19,25,27-28,31-32,34-35,37,39,41,47,50,63H,4-6,8-9,11-15,17-18,20-24,26,29-30,33,36,38,40,42-46,48-49,51-62H2,1-3H3/b10-7-,19-16-,28-25-,32-31-,35-34-,37-27-,41-39-,50-47-. The second-order valence-electron chi connectivity index (χ2n) is 19.9. The molecule has 0 radical (unpaired) electrons. The van der Waals surface area contributed by atoms with Gasteiger partial charge in [-0.25, -0.2) is 0 Å². The van der Waals surface area contributed by atoms with E-state index in [1.807, 2.05) is 0 Å². The van der Waals surface area contributed by atoms with Crippen molar-refractivity contribution in [2.45, 2.75) is 290 Å². The summed E-state index contributed by atoms with van der Waals surface area (Å²) >= 11 is 0. The molecule has 0 fully saturated rings. The summed E-state index contributed by atoms with van der Waals surface area (Å²) in [5.41, 5.74) is 0. The first-order valence-corrected chi connectivity index (χ1v) is 30.2. The molecule has 0 aromatic heterocycles. The zero-order valence-corrected chi connectivity index (χ0v) is 47.2. The summed E-state index contributed by atoms with van der Waals surface area (Å²) in [7, 11) is 0. The van der Waals surface area contributed by atoms with Crippen molar-refractivity contribution in [3.8, 4) is 0 Å². The fourth-order valence-electron chi connectivity index (χ4n) is 8.31. The largest absolute Gasteiger partial charge is 0.462 e. The van der Waals surface area contributed by atoms with Gasteiger partial charge in [0.15, 0.2) is 6.10 Å². The van der Waals surface area contributed by atoms with Crippen LogP contribution in [0.3, 0.4) is 0 Å². The van der Waals surface area contributed by atoms with Crippen molar-refractivity contribution in [2.24, 2.45) is 0 Å². The van der Waals surface area contributed by atoms with E-state index in [1.54, 1.807) is 0 Å². The number of esters is 3. The maximum Gasteiger partial charge on any atom is 0.306 e. The van der Waals surface area contributed by atoms with Gasteiger partial charge >= 0.3 is 17.9 Å². The van der Waals surface area contributed by atoms with Gasteiger partial charge in [0, 0.05) is 19.3 Å². The lowest BCUT2D eigenvalue weighted by atomic mass is 10.0. The Hall–Kier alpha value is -3.67. The Labute approximate surface area is 445 Å². The fourth-order valence-corrected chi connectivity index (χ4v) is 8.31. The predicted octanol–water partition coefficient (Wildman–Crippen LogP) is 20.5. The topological polar surface area (TPSA) is 78.9 Å². The Morgan fingerprint density at radius 2 is 0.556 bits per heavy atom. The number of hydrogen-bond acceptors (Lipinski definition) is 6. The molecule has 0 aromatic rings. The van der Waals surface area contributed by atoms with E-state index in [9.17, 15) is 14.4 Å². The number of ether oxygens (including phenoxy) is 3. The molecule has 0 saturated carbocycles. The maximum absolute atomic E-state index is 12.9. The van der Waals surface area contributed by atoms with Crippen molar-refractivity contribution >= 4 is 17.9 Å². The summed E-state index contributed by atoms with van der Waals surface area (Å²) in [6.07, 6.45) is 79.8. The van der Waals surface area contributed by atoms with E-state index in [0.29, 0.717) is 19.3 Å². The molecule has 0 bridgehead atoms. The van der Waals surface area contributed by atoms with Crippen LogP contribution in [0.15, 0.2) is 97.2 Å². The molecular formula is C66H112O6. The summed E-state index contributed by atoms with van der Waals surface area (Å²) in [5.74, 6) is -0.959. The predicted molar refractivity (Wildman–Crippen MR) is 311 cm³/mol. The lowest BCUT2D eigenvalue weighted by Crippen LogP contribution is -2.30. The Morgan fingerprint density at radius 1 is 0.292 bits per heavy atom. The first-order valence-electron chi connectivity index (χ1n) is 30.2. The van der Waals surface area contributed by atoms with Gasteiger partial charge in [-0.15, -0.1) is 0 Å². The molecule has 0 aliphatic rings. The molecule has 0 aromatic carbocycles. The van der Waals surface area contributed by atoms with Crippen molar-refractivity contribution in [1.82, 2.24) is 0 Å². The molecule has 0 aliphatic heterocycles. The molecule has 72 heavy (non-hydrogen) atoms. The van der Waals surface area contributed by atoms with Crippen molar-refractivity contribution in [3.63, 3.8) is 0 Å². The van der Waals surface area contributed by atoms with Gasteiger partial charge in [-0.1, -0.05) is 266 Å². The molecule has 0 heterocycles. The van der Waals surface area contributed by atoms with E-state index < -0.39 is 6.10 Å². The minimum absolute atomic E-state index is 0.0980. The average molecular weight is 1000 g/mol. The van der Waals surface area contributed by atoms with Crippen LogP contribution in [0.1, 0.15) is 284 Å². The van der Waals surface area contributed by atoms with E-state index in [4.69, 9.17) is 14.2 Å². The number of rotatable bonds is 54. The van der Waals surface area contributed by atoms with Gasteiger partial charge in [-0.05, 0) is 96.3 Å². The van der Waals surface area contributed by atoms with Gasteiger partial charge in [0.25, 0.3) is 0 Å². The summed E-state index contributed by atoms with van der Waals surface area (Å²) in [6.45, 7) is 6.49. The third kappa shape index (κ3) is 57.2. The number of unbranched alkanes of at least 4 members (excludes halogenated alkanes) is 27. The normalized spacial score (nSPS) is 12.8. The summed E-state index contributed by atoms with van der Waals surface area (Å²) in [4.78, 5) is 38.2. The third-order valence-electron chi connectivity index (χ3n) is 12.8. The number of allylic oxidation sites excluding steroid dienone is 16. The highest BCUT2D eigenvalue weighted by Gasteiger charge is 2.19. The third-order valence-corrected chi connectivity index (χ3v) is 12.8. The van der Waals surface area contributed by atoms with Gasteiger partial charge in [0.2, 0.25) is 0 Å². The smallest absolute Gasteiger partial charge is 0.306 e. The zero-order chi connectivity index (χ0) is 52.2. The van der Waals surface area contributed by atoms with Crippen molar-refractivity contribution < 1.29 is 28.6 Å². The van der Waals surface area contributed by atoms with Gasteiger partial charge in [-0.2, -0.15) is 0 Å². The molecule has 0 aliphatic carbocycles. The lowest BCUT2D eigenvalue weighted by Gasteiger charge is -2.18. The van der Waals surface area contributed by atoms with Crippen LogP contribution in [0.25, 0.3) is 0 Å². The van der Waals surface area contributed by atoms with Crippen LogP contribution in [-0.4, -0.2) is 37.2 Å². The van der Waals surface area contributed by atoms with Crippen LogP contribution in [-0.2, 0) is 28.6 Å². The fraction of sp³-hybridized carbons (Fsp3) is 0.712. The molecule has 1 atom stereocenters. The molecule has 0 spiro atoms. The van der Waals surface area contributed by atoms with E-state index in [2.05, 4.69) is 118 Å². The minimum atomic E-state index is -0.804. The number of carbonyl (C=O) groups is 3.